The summed E-state index contributed by atoms with van der Waals surface area (Å²) in [7, 11) is 0. The highest BCUT2D eigenvalue weighted by Crippen LogP contribution is 2.18. The summed E-state index contributed by atoms with van der Waals surface area (Å²) in [6.07, 6.45) is 6.80. The number of imidazole rings is 1. The highest BCUT2D eigenvalue weighted by Gasteiger charge is 2.01. The minimum atomic E-state index is 0.109. The summed E-state index contributed by atoms with van der Waals surface area (Å²) in [5, 5.41) is 4.54. The Morgan fingerprint density at radius 2 is 2.39 bits per heavy atom. The van der Waals surface area contributed by atoms with Crippen LogP contribution in [-0.4, -0.2) is 20.9 Å². The number of nitrogens with one attached hydrogen (secondary N) is 1. The third-order valence-electron chi connectivity index (χ3n) is 2.16. The van der Waals surface area contributed by atoms with Crippen molar-refractivity contribution in [2.75, 3.05) is 0 Å². The molecule has 5 nitrogen and oxygen atoms in total. The number of hydrazone groups is 1. The number of nitrogens with two attached hydrogens (primary N) is 1. The topological polar surface area (TPSA) is 68.2 Å². The molecule has 1 aromatic heterocycles. The van der Waals surface area contributed by atoms with E-state index < -0.39 is 0 Å². The predicted molar refractivity (Wildman–Crippen MR) is 76.1 cm³/mol. The summed E-state index contributed by atoms with van der Waals surface area (Å²) in [6.45, 7) is 0. The van der Waals surface area contributed by atoms with Gasteiger partial charge in [-0.1, -0.05) is 11.6 Å². The van der Waals surface area contributed by atoms with Crippen LogP contribution in [0.5, 0.6) is 0 Å². The predicted octanol–water partition coefficient (Wildman–Crippen LogP) is 1.69. The second-order valence-electron chi connectivity index (χ2n) is 3.41. The van der Waals surface area contributed by atoms with Crippen LogP contribution in [0.4, 0.5) is 0 Å². The van der Waals surface area contributed by atoms with E-state index in [0.29, 0.717) is 5.02 Å². The van der Waals surface area contributed by atoms with Crippen molar-refractivity contribution in [3.05, 3.63) is 47.5 Å². The normalized spacial score (nSPS) is 10.7. The Balaban J connectivity index is 2.20. The second kappa shape index (κ2) is 5.61. The van der Waals surface area contributed by atoms with Gasteiger partial charge in [0, 0.05) is 23.6 Å². The van der Waals surface area contributed by atoms with E-state index in [2.05, 4.69) is 27.7 Å². The molecule has 0 amide bonds. The Labute approximate surface area is 114 Å². The fourth-order valence-corrected chi connectivity index (χ4v) is 1.63. The summed E-state index contributed by atoms with van der Waals surface area (Å²) in [5.41, 5.74) is 9.41. The molecule has 0 saturated heterocycles. The maximum absolute atomic E-state index is 6.14. The number of aromatic nitrogens is 2. The Morgan fingerprint density at radius 3 is 3.00 bits per heavy atom. The molecule has 2 aromatic rings. The molecule has 0 radical (unpaired) electrons. The summed E-state index contributed by atoms with van der Waals surface area (Å²) in [5.74, 6) is 0. The Morgan fingerprint density at radius 1 is 1.56 bits per heavy atom. The highest BCUT2D eigenvalue weighted by molar-refractivity contribution is 7.80. The number of rotatable bonds is 3. The zero-order valence-corrected chi connectivity index (χ0v) is 10.8. The molecule has 2 rings (SSSR count). The maximum atomic E-state index is 6.14. The molecule has 7 heteroatoms. The van der Waals surface area contributed by atoms with E-state index in [4.69, 9.17) is 17.3 Å². The van der Waals surface area contributed by atoms with Gasteiger partial charge in [-0.25, -0.2) is 4.98 Å². The minimum absolute atomic E-state index is 0.109. The van der Waals surface area contributed by atoms with Crippen molar-refractivity contribution in [3.8, 4) is 5.69 Å². The molecular formula is C11H10ClN5S. The molecule has 0 spiro atoms. The van der Waals surface area contributed by atoms with Gasteiger partial charge in [-0.15, -0.1) is 0 Å². The quantitative estimate of drug-likeness (QED) is 0.510. The Bertz CT molecular complexity index is 579. The first-order valence-corrected chi connectivity index (χ1v) is 5.82. The van der Waals surface area contributed by atoms with Gasteiger partial charge in [-0.2, -0.15) is 5.10 Å². The van der Waals surface area contributed by atoms with Crippen molar-refractivity contribution < 1.29 is 0 Å². The smallest absolute Gasteiger partial charge is 0.184 e. The number of benzene rings is 1. The van der Waals surface area contributed by atoms with Gasteiger partial charge in [-0.3, -0.25) is 5.43 Å². The second-order valence-corrected chi connectivity index (χ2v) is 4.26. The summed E-state index contributed by atoms with van der Waals surface area (Å²) >= 11 is 10.8. The summed E-state index contributed by atoms with van der Waals surface area (Å²) in [4.78, 5) is 3.97. The van der Waals surface area contributed by atoms with Crippen molar-refractivity contribution in [1.29, 1.82) is 0 Å². The first-order chi connectivity index (χ1) is 8.66. The van der Waals surface area contributed by atoms with Gasteiger partial charge in [-0.05, 0) is 30.4 Å². The van der Waals surface area contributed by atoms with Crippen LogP contribution in [-0.2, 0) is 0 Å². The highest BCUT2D eigenvalue weighted by atomic mass is 35.5. The van der Waals surface area contributed by atoms with Crippen LogP contribution in [0, 0.1) is 0 Å². The van der Waals surface area contributed by atoms with Crippen LogP contribution in [0.15, 0.2) is 42.0 Å². The molecule has 0 aliphatic heterocycles. The third kappa shape index (κ3) is 3.06. The molecule has 18 heavy (non-hydrogen) atoms. The zero-order valence-electron chi connectivity index (χ0n) is 9.25. The standard InChI is InChI=1S/C11H10ClN5S/c12-10-5-9(17-4-3-14-7-17)2-1-8(10)6-15-16-11(13)18/h1-7H,(H3,13,16,18). The molecule has 1 aromatic carbocycles. The van der Waals surface area contributed by atoms with Crippen molar-refractivity contribution in [2.45, 2.75) is 0 Å². The van der Waals surface area contributed by atoms with E-state index >= 15 is 0 Å². The lowest BCUT2D eigenvalue weighted by Crippen LogP contribution is -2.24. The lowest BCUT2D eigenvalue weighted by atomic mass is 10.2. The van der Waals surface area contributed by atoms with Gasteiger partial charge in [0.05, 0.1) is 17.6 Å². The molecular weight excluding hydrogens is 270 g/mol. The number of hydrogen-bond donors (Lipinski definition) is 2. The lowest BCUT2D eigenvalue weighted by molar-refractivity contribution is 1.04. The Hall–Kier alpha value is -1.92. The van der Waals surface area contributed by atoms with Crippen molar-refractivity contribution in [2.24, 2.45) is 10.8 Å². The molecule has 0 fully saturated rings. The largest absolute Gasteiger partial charge is 0.375 e. The fourth-order valence-electron chi connectivity index (χ4n) is 1.36. The van der Waals surface area contributed by atoms with Gasteiger partial charge in [0.1, 0.15) is 0 Å². The molecule has 0 bridgehead atoms. The van der Waals surface area contributed by atoms with Gasteiger partial charge in [0.15, 0.2) is 5.11 Å². The average molecular weight is 280 g/mol. The van der Waals surface area contributed by atoms with E-state index in [1.54, 1.807) is 18.7 Å². The summed E-state index contributed by atoms with van der Waals surface area (Å²) in [6, 6.07) is 5.59. The first-order valence-electron chi connectivity index (χ1n) is 5.03. The van der Waals surface area contributed by atoms with Gasteiger partial charge in [0.2, 0.25) is 0 Å². The molecule has 0 saturated carbocycles. The average Bonchev–Trinajstić information content (AvgIpc) is 2.84. The summed E-state index contributed by atoms with van der Waals surface area (Å²) < 4.78 is 1.86. The van der Waals surface area contributed by atoms with E-state index in [1.807, 2.05) is 29.0 Å². The van der Waals surface area contributed by atoms with E-state index in [0.717, 1.165) is 11.3 Å². The number of hydrogen-bond acceptors (Lipinski definition) is 3. The number of thiocarbonyl (C=S) groups is 1. The van der Waals surface area contributed by atoms with Gasteiger partial charge < -0.3 is 10.3 Å². The van der Waals surface area contributed by atoms with Gasteiger partial charge in [0.25, 0.3) is 0 Å². The molecule has 0 aliphatic rings. The van der Waals surface area contributed by atoms with Crippen LogP contribution in [0.25, 0.3) is 5.69 Å². The van der Waals surface area contributed by atoms with Crippen molar-refractivity contribution in [1.82, 2.24) is 15.0 Å². The monoisotopic (exact) mass is 279 g/mol. The number of halogens is 1. The van der Waals surface area contributed by atoms with E-state index in [1.165, 1.54) is 0 Å². The molecule has 1 heterocycles. The van der Waals surface area contributed by atoms with Crippen LogP contribution in [0.2, 0.25) is 5.02 Å². The SMILES string of the molecule is NC(=S)NN=Cc1ccc(-n2ccnc2)cc1Cl. The maximum Gasteiger partial charge on any atom is 0.184 e. The van der Waals surface area contributed by atoms with Crippen LogP contribution in [0.1, 0.15) is 5.56 Å². The molecule has 0 atom stereocenters. The molecule has 0 unspecified atom stereocenters. The minimum Gasteiger partial charge on any atom is -0.375 e. The third-order valence-corrected chi connectivity index (χ3v) is 2.58. The first kappa shape index (κ1) is 12.5. The van der Waals surface area contributed by atoms with Crippen molar-refractivity contribution >= 4 is 35.1 Å². The van der Waals surface area contributed by atoms with E-state index in [-0.39, 0.29) is 5.11 Å². The fraction of sp³-hybridized carbons (Fsp3) is 0. The van der Waals surface area contributed by atoms with Crippen LogP contribution < -0.4 is 11.2 Å². The van der Waals surface area contributed by atoms with Crippen LogP contribution >= 0.6 is 23.8 Å². The van der Waals surface area contributed by atoms with Crippen LogP contribution in [0.3, 0.4) is 0 Å². The Kier molecular flexibility index (Phi) is 3.91. The number of nitrogens with zero attached hydrogens (tertiary/aromatic N) is 3. The van der Waals surface area contributed by atoms with E-state index in [9.17, 15) is 0 Å². The molecule has 0 aliphatic carbocycles. The van der Waals surface area contributed by atoms with Crippen molar-refractivity contribution in [3.63, 3.8) is 0 Å². The lowest BCUT2D eigenvalue weighted by Gasteiger charge is -2.04. The molecule has 3 N–H and O–H groups in total. The zero-order chi connectivity index (χ0) is 13.0. The van der Waals surface area contributed by atoms with Gasteiger partial charge >= 0.3 is 0 Å². The molecule has 92 valence electrons.